The van der Waals surface area contributed by atoms with Crippen LogP contribution in [0, 0.1) is 0 Å². The first-order chi connectivity index (χ1) is 16.1. The van der Waals surface area contributed by atoms with E-state index >= 15 is 0 Å². The summed E-state index contributed by atoms with van der Waals surface area (Å²) in [6.45, 7) is 2.75. The maximum Gasteiger partial charge on any atom is 0.274 e. The van der Waals surface area contributed by atoms with Crippen molar-refractivity contribution in [2.75, 3.05) is 12.8 Å². The fourth-order valence-corrected chi connectivity index (χ4v) is 5.29. The topological polar surface area (TPSA) is 102 Å². The van der Waals surface area contributed by atoms with Crippen LogP contribution < -0.4 is 10.6 Å². The number of benzene rings is 1. The zero-order chi connectivity index (χ0) is 23.2. The molecular weight excluding hydrogens is 476 g/mol. The Labute approximate surface area is 203 Å². The van der Waals surface area contributed by atoms with Gasteiger partial charge in [-0.3, -0.25) is 9.59 Å². The van der Waals surface area contributed by atoms with Crippen molar-refractivity contribution in [3.63, 3.8) is 0 Å². The molecule has 4 aromatic rings. The second-order valence-corrected chi connectivity index (χ2v) is 9.61. The van der Waals surface area contributed by atoms with Crippen molar-refractivity contribution in [1.29, 1.82) is 0 Å². The van der Waals surface area contributed by atoms with Crippen LogP contribution in [-0.4, -0.2) is 44.6 Å². The van der Waals surface area contributed by atoms with Gasteiger partial charge in [0.25, 0.3) is 11.8 Å². The Hall–Kier alpha value is -3.02. The van der Waals surface area contributed by atoms with Gasteiger partial charge in [0.05, 0.1) is 28.5 Å². The van der Waals surface area contributed by atoms with Gasteiger partial charge in [-0.15, -0.1) is 27.8 Å². The first kappa shape index (κ1) is 23.1. The molecule has 0 aliphatic carbocycles. The van der Waals surface area contributed by atoms with E-state index in [1.807, 2.05) is 36.1 Å². The number of aromatic nitrogens is 4. The smallest absolute Gasteiger partial charge is 0.274 e. The van der Waals surface area contributed by atoms with Gasteiger partial charge >= 0.3 is 0 Å². The van der Waals surface area contributed by atoms with Crippen LogP contribution in [0.25, 0.3) is 15.6 Å². The van der Waals surface area contributed by atoms with Crippen LogP contribution >= 0.6 is 34.4 Å². The van der Waals surface area contributed by atoms with Crippen LogP contribution in [0.3, 0.4) is 0 Å². The fourth-order valence-electron chi connectivity index (χ4n) is 3.12. The van der Waals surface area contributed by atoms with Crippen molar-refractivity contribution < 1.29 is 9.59 Å². The van der Waals surface area contributed by atoms with Crippen molar-refractivity contribution >= 4 is 46.2 Å². The van der Waals surface area contributed by atoms with Gasteiger partial charge in [-0.1, -0.05) is 11.3 Å². The number of hydrogen-bond acceptors (Lipinski definition) is 8. The molecule has 0 bridgehead atoms. The van der Waals surface area contributed by atoms with E-state index < -0.39 is 0 Å². The van der Waals surface area contributed by atoms with Crippen molar-refractivity contribution in [1.82, 2.24) is 30.6 Å². The largest absolute Gasteiger partial charge is 0.352 e. The highest BCUT2D eigenvalue weighted by Gasteiger charge is 2.21. The molecule has 3 heterocycles. The van der Waals surface area contributed by atoms with E-state index in [-0.39, 0.29) is 17.5 Å². The third-order valence-corrected chi connectivity index (χ3v) is 7.18. The highest BCUT2D eigenvalue weighted by atomic mass is 32.2. The van der Waals surface area contributed by atoms with Crippen molar-refractivity contribution in [2.24, 2.45) is 0 Å². The van der Waals surface area contributed by atoms with E-state index in [9.17, 15) is 9.59 Å². The molecule has 0 atom stereocenters. The summed E-state index contributed by atoms with van der Waals surface area (Å²) in [7, 11) is 0. The first-order valence-corrected chi connectivity index (χ1v) is 13.3. The number of hydrogen-bond donors (Lipinski definition) is 2. The lowest BCUT2D eigenvalue weighted by Crippen LogP contribution is -2.24. The number of thiazole rings is 1. The molecule has 0 radical (unpaired) electrons. The van der Waals surface area contributed by atoms with Gasteiger partial charge < -0.3 is 10.6 Å². The van der Waals surface area contributed by atoms with E-state index in [4.69, 9.17) is 0 Å². The van der Waals surface area contributed by atoms with Gasteiger partial charge in [0.15, 0.2) is 5.69 Å². The Morgan fingerprint density at radius 3 is 2.61 bits per heavy atom. The standard InChI is InChI=1S/C22H22N6O2S3/c1-3-23-20(29)14-6-8-16(9-7-14)28-17(13-31-2)19(26-27-28)21(30)24-11-15-12-33-22(25-15)18-5-4-10-32-18/h4-10,12H,3,11,13H2,1-2H3,(H,23,29)(H,24,30). The maximum atomic E-state index is 12.9. The van der Waals surface area contributed by atoms with Gasteiger partial charge in [-0.05, 0) is 48.9 Å². The number of carbonyl (C=O) groups excluding carboxylic acids is 2. The highest BCUT2D eigenvalue weighted by molar-refractivity contribution is 7.97. The van der Waals surface area contributed by atoms with Crippen LogP contribution in [-0.2, 0) is 12.3 Å². The molecule has 8 nitrogen and oxygen atoms in total. The van der Waals surface area contributed by atoms with E-state index in [1.165, 1.54) is 0 Å². The Balaban J connectivity index is 1.49. The second-order valence-electron chi connectivity index (χ2n) is 6.94. The minimum atomic E-state index is -0.296. The van der Waals surface area contributed by atoms with E-state index in [0.717, 1.165) is 21.3 Å². The molecule has 0 spiro atoms. The zero-order valence-corrected chi connectivity index (χ0v) is 20.5. The molecule has 170 valence electrons. The van der Waals surface area contributed by atoms with Crippen molar-refractivity contribution in [2.45, 2.75) is 19.2 Å². The van der Waals surface area contributed by atoms with Gasteiger partial charge in [-0.2, -0.15) is 11.8 Å². The molecule has 11 heteroatoms. The average Bonchev–Trinajstić information content (AvgIpc) is 3.59. The molecule has 1 aromatic carbocycles. The third-order valence-electron chi connectivity index (χ3n) is 4.68. The Morgan fingerprint density at radius 2 is 1.91 bits per heavy atom. The third kappa shape index (κ3) is 5.32. The van der Waals surface area contributed by atoms with Crippen LogP contribution in [0.5, 0.6) is 0 Å². The van der Waals surface area contributed by atoms with Gasteiger partial charge in [-0.25, -0.2) is 9.67 Å². The summed E-state index contributed by atoms with van der Waals surface area (Å²) in [5.41, 5.74) is 3.08. The molecule has 4 rings (SSSR count). The van der Waals surface area contributed by atoms with E-state index in [1.54, 1.807) is 63.4 Å². The number of thiophene rings is 1. The molecule has 0 unspecified atom stereocenters. The first-order valence-electron chi connectivity index (χ1n) is 10.2. The quantitative estimate of drug-likeness (QED) is 0.362. The summed E-state index contributed by atoms with van der Waals surface area (Å²) in [6, 6.07) is 11.1. The molecule has 0 saturated heterocycles. The SMILES string of the molecule is CCNC(=O)c1ccc(-n2nnc(C(=O)NCc3csc(-c4cccs4)n3)c2CSC)cc1. The molecule has 0 fully saturated rings. The number of amides is 2. The minimum absolute atomic E-state index is 0.128. The van der Waals surface area contributed by atoms with E-state index in [0.29, 0.717) is 30.1 Å². The minimum Gasteiger partial charge on any atom is -0.352 e. The second kappa shape index (κ2) is 10.7. The molecular formula is C22H22N6O2S3. The summed E-state index contributed by atoms with van der Waals surface area (Å²) in [4.78, 5) is 30.6. The maximum absolute atomic E-state index is 12.9. The molecule has 33 heavy (non-hydrogen) atoms. The average molecular weight is 499 g/mol. The van der Waals surface area contributed by atoms with Crippen LogP contribution in [0.2, 0.25) is 0 Å². The lowest BCUT2D eigenvalue weighted by atomic mass is 10.2. The Kier molecular flexibility index (Phi) is 7.53. The van der Waals surface area contributed by atoms with Crippen LogP contribution in [0.4, 0.5) is 0 Å². The molecule has 0 saturated carbocycles. The lowest BCUT2D eigenvalue weighted by molar-refractivity contribution is 0.0940. The molecule has 0 aliphatic rings. The Bertz CT molecular complexity index is 1230. The number of thioether (sulfide) groups is 1. The summed E-state index contributed by atoms with van der Waals surface area (Å²) in [5.74, 6) is 0.138. The predicted octanol–water partition coefficient (Wildman–Crippen LogP) is 4.00. The molecule has 2 amide bonds. The van der Waals surface area contributed by atoms with Crippen molar-refractivity contribution in [3.05, 3.63) is 69.8 Å². The van der Waals surface area contributed by atoms with Gasteiger partial charge in [0, 0.05) is 23.2 Å². The van der Waals surface area contributed by atoms with E-state index in [2.05, 4.69) is 25.9 Å². The summed E-state index contributed by atoms with van der Waals surface area (Å²) in [5, 5.41) is 18.9. The zero-order valence-electron chi connectivity index (χ0n) is 18.1. The monoisotopic (exact) mass is 498 g/mol. The summed E-state index contributed by atoms with van der Waals surface area (Å²) < 4.78 is 1.64. The van der Waals surface area contributed by atoms with Gasteiger partial charge in [0.1, 0.15) is 5.01 Å². The number of nitrogens with one attached hydrogen (secondary N) is 2. The molecule has 2 N–H and O–H groups in total. The van der Waals surface area contributed by atoms with Crippen LogP contribution in [0.1, 0.15) is 39.2 Å². The number of carbonyl (C=O) groups is 2. The fraction of sp³-hybridized carbons (Fsp3) is 0.227. The van der Waals surface area contributed by atoms with Crippen LogP contribution in [0.15, 0.2) is 47.2 Å². The molecule has 3 aromatic heterocycles. The van der Waals surface area contributed by atoms with Gasteiger partial charge in [0.2, 0.25) is 0 Å². The number of nitrogens with zero attached hydrogens (tertiary/aromatic N) is 4. The summed E-state index contributed by atoms with van der Waals surface area (Å²) >= 11 is 4.77. The highest BCUT2D eigenvalue weighted by Crippen LogP contribution is 2.27. The predicted molar refractivity (Wildman–Crippen MR) is 133 cm³/mol. The lowest BCUT2D eigenvalue weighted by Gasteiger charge is -2.08. The number of rotatable bonds is 9. The Morgan fingerprint density at radius 1 is 1.09 bits per heavy atom. The van der Waals surface area contributed by atoms with Crippen molar-refractivity contribution in [3.8, 4) is 15.6 Å². The summed E-state index contributed by atoms with van der Waals surface area (Å²) in [6.07, 6.45) is 1.96. The molecule has 0 aliphatic heterocycles. The normalized spacial score (nSPS) is 10.8.